The third-order valence-corrected chi connectivity index (χ3v) is 4.51. The summed E-state index contributed by atoms with van der Waals surface area (Å²) in [7, 11) is 1.92. The second-order valence-corrected chi connectivity index (χ2v) is 6.60. The van der Waals surface area contributed by atoms with E-state index in [4.69, 9.17) is 0 Å². The Kier molecular flexibility index (Phi) is 7.19. The van der Waals surface area contributed by atoms with Gasteiger partial charge in [0.25, 0.3) is 0 Å². The van der Waals surface area contributed by atoms with Gasteiger partial charge >= 0.3 is 0 Å². The molecule has 0 unspecified atom stereocenters. The normalized spacial score (nSPS) is 10.9. The Hall–Kier alpha value is -2.14. The summed E-state index contributed by atoms with van der Waals surface area (Å²) in [4.78, 5) is 12.0. The Labute approximate surface area is 150 Å². The van der Waals surface area contributed by atoms with E-state index in [0.29, 0.717) is 6.42 Å². The van der Waals surface area contributed by atoms with Crippen molar-refractivity contribution in [1.29, 1.82) is 0 Å². The van der Waals surface area contributed by atoms with E-state index in [2.05, 4.69) is 53.8 Å². The quantitative estimate of drug-likeness (QED) is 0.689. The highest BCUT2D eigenvalue weighted by atomic mass is 16.1. The lowest BCUT2D eigenvalue weighted by Crippen LogP contribution is -2.26. The van der Waals surface area contributed by atoms with Crippen molar-refractivity contribution in [2.75, 3.05) is 20.1 Å². The molecule has 1 aromatic carbocycles. The van der Waals surface area contributed by atoms with Crippen molar-refractivity contribution in [2.24, 2.45) is 0 Å². The second kappa shape index (κ2) is 9.37. The molecular weight excluding hydrogens is 312 g/mol. The molecule has 5 nitrogen and oxygen atoms in total. The van der Waals surface area contributed by atoms with Crippen LogP contribution >= 0.6 is 0 Å². The summed E-state index contributed by atoms with van der Waals surface area (Å²) < 4.78 is 2.04. The summed E-state index contributed by atoms with van der Waals surface area (Å²) in [5.41, 5.74) is 5.87. The lowest BCUT2D eigenvalue weighted by Gasteiger charge is -2.07. The number of nitrogens with one attached hydrogen (secondary N) is 2. The zero-order valence-corrected chi connectivity index (χ0v) is 15.9. The molecular formula is C20H30N4O. The van der Waals surface area contributed by atoms with Crippen molar-refractivity contribution in [3.05, 3.63) is 52.3 Å². The lowest BCUT2D eigenvalue weighted by atomic mass is 10.1. The molecule has 136 valence electrons. The molecule has 1 heterocycles. The number of aromatic nitrogens is 2. The minimum atomic E-state index is 0.112. The van der Waals surface area contributed by atoms with Gasteiger partial charge in [0.2, 0.25) is 5.91 Å². The van der Waals surface area contributed by atoms with Gasteiger partial charge in [0.05, 0.1) is 12.2 Å². The SMILES string of the molecule is CNCCCNC(=O)CCc1c(C)nn(Cc2ccc(C)cc2)c1C. The van der Waals surface area contributed by atoms with Crippen LogP contribution in [-0.4, -0.2) is 35.8 Å². The lowest BCUT2D eigenvalue weighted by molar-refractivity contribution is -0.121. The maximum atomic E-state index is 12.0. The maximum absolute atomic E-state index is 12.0. The Morgan fingerprint density at radius 1 is 1.12 bits per heavy atom. The van der Waals surface area contributed by atoms with E-state index in [1.54, 1.807) is 0 Å². The van der Waals surface area contributed by atoms with Crippen LogP contribution in [0.3, 0.4) is 0 Å². The smallest absolute Gasteiger partial charge is 0.220 e. The molecule has 1 amide bonds. The molecule has 25 heavy (non-hydrogen) atoms. The van der Waals surface area contributed by atoms with Crippen molar-refractivity contribution >= 4 is 5.91 Å². The van der Waals surface area contributed by atoms with Gasteiger partial charge in [-0.2, -0.15) is 5.10 Å². The molecule has 0 aliphatic rings. The van der Waals surface area contributed by atoms with E-state index in [-0.39, 0.29) is 5.91 Å². The number of carbonyl (C=O) groups is 1. The van der Waals surface area contributed by atoms with Crippen LogP contribution in [0.15, 0.2) is 24.3 Å². The largest absolute Gasteiger partial charge is 0.356 e. The molecule has 1 aromatic heterocycles. The van der Waals surface area contributed by atoms with E-state index >= 15 is 0 Å². The van der Waals surface area contributed by atoms with Crippen molar-refractivity contribution < 1.29 is 4.79 Å². The molecule has 2 aromatic rings. The van der Waals surface area contributed by atoms with E-state index in [9.17, 15) is 4.79 Å². The van der Waals surface area contributed by atoms with Gasteiger partial charge in [0.1, 0.15) is 0 Å². The summed E-state index contributed by atoms with van der Waals surface area (Å²) in [6.07, 6.45) is 2.20. The third kappa shape index (κ3) is 5.71. The van der Waals surface area contributed by atoms with Crippen molar-refractivity contribution in [1.82, 2.24) is 20.4 Å². The van der Waals surface area contributed by atoms with E-state index in [1.165, 1.54) is 16.7 Å². The number of hydrogen-bond donors (Lipinski definition) is 2. The molecule has 0 radical (unpaired) electrons. The van der Waals surface area contributed by atoms with Crippen LogP contribution < -0.4 is 10.6 Å². The van der Waals surface area contributed by atoms with Gasteiger partial charge in [-0.15, -0.1) is 0 Å². The van der Waals surface area contributed by atoms with Crippen LogP contribution in [0.5, 0.6) is 0 Å². The van der Waals surface area contributed by atoms with Gasteiger partial charge in [-0.1, -0.05) is 29.8 Å². The van der Waals surface area contributed by atoms with Crippen molar-refractivity contribution in [2.45, 2.75) is 46.6 Å². The number of aryl methyl sites for hydroxylation is 2. The van der Waals surface area contributed by atoms with Crippen LogP contribution in [0.25, 0.3) is 0 Å². The Bertz CT molecular complexity index is 688. The fraction of sp³-hybridized carbons (Fsp3) is 0.500. The van der Waals surface area contributed by atoms with Crippen LogP contribution in [0.2, 0.25) is 0 Å². The fourth-order valence-electron chi connectivity index (χ4n) is 2.94. The first-order valence-corrected chi connectivity index (χ1v) is 9.01. The summed E-state index contributed by atoms with van der Waals surface area (Å²) >= 11 is 0. The van der Waals surface area contributed by atoms with Gasteiger partial charge in [0, 0.05) is 18.7 Å². The molecule has 5 heteroatoms. The first kappa shape index (κ1) is 19.2. The number of nitrogens with zero attached hydrogens (tertiary/aromatic N) is 2. The molecule has 0 atom stereocenters. The predicted octanol–water partition coefficient (Wildman–Crippen LogP) is 2.51. The topological polar surface area (TPSA) is 58.9 Å². The van der Waals surface area contributed by atoms with Crippen LogP contribution in [-0.2, 0) is 17.8 Å². The zero-order valence-electron chi connectivity index (χ0n) is 15.9. The number of rotatable bonds is 9. The fourth-order valence-corrected chi connectivity index (χ4v) is 2.94. The average molecular weight is 342 g/mol. The summed E-state index contributed by atoms with van der Waals surface area (Å²) in [6.45, 7) is 8.62. The first-order chi connectivity index (χ1) is 12.0. The summed E-state index contributed by atoms with van der Waals surface area (Å²) in [5, 5.41) is 10.7. The minimum Gasteiger partial charge on any atom is -0.356 e. The molecule has 0 saturated heterocycles. The van der Waals surface area contributed by atoms with Gasteiger partial charge < -0.3 is 10.6 Å². The number of amides is 1. The predicted molar refractivity (Wildman–Crippen MR) is 102 cm³/mol. The van der Waals surface area contributed by atoms with Crippen LogP contribution in [0, 0.1) is 20.8 Å². The Balaban J connectivity index is 1.92. The van der Waals surface area contributed by atoms with Crippen LogP contribution in [0.4, 0.5) is 0 Å². The monoisotopic (exact) mass is 342 g/mol. The number of benzene rings is 1. The maximum Gasteiger partial charge on any atom is 0.220 e. The molecule has 0 saturated carbocycles. The second-order valence-electron chi connectivity index (χ2n) is 6.60. The highest BCUT2D eigenvalue weighted by Crippen LogP contribution is 2.17. The van der Waals surface area contributed by atoms with E-state index < -0.39 is 0 Å². The molecule has 0 bridgehead atoms. The van der Waals surface area contributed by atoms with Gasteiger partial charge in [-0.05, 0) is 58.3 Å². The highest BCUT2D eigenvalue weighted by Gasteiger charge is 2.13. The highest BCUT2D eigenvalue weighted by molar-refractivity contribution is 5.76. The third-order valence-electron chi connectivity index (χ3n) is 4.51. The minimum absolute atomic E-state index is 0.112. The standard InChI is InChI=1S/C20H30N4O/c1-15-6-8-18(9-7-15)14-24-17(3)19(16(2)23-24)10-11-20(25)22-13-5-12-21-4/h6-9,21H,5,10-14H2,1-4H3,(H,22,25). The zero-order chi connectivity index (χ0) is 18.2. The van der Waals surface area contributed by atoms with Gasteiger partial charge in [0.15, 0.2) is 0 Å². The molecule has 0 fully saturated rings. The van der Waals surface area contributed by atoms with Gasteiger partial charge in [-0.3, -0.25) is 9.48 Å². The molecule has 2 N–H and O–H groups in total. The molecule has 2 rings (SSSR count). The van der Waals surface area contributed by atoms with Crippen molar-refractivity contribution in [3.63, 3.8) is 0 Å². The summed E-state index contributed by atoms with van der Waals surface area (Å²) in [5.74, 6) is 0.112. The summed E-state index contributed by atoms with van der Waals surface area (Å²) in [6, 6.07) is 8.54. The molecule has 0 aliphatic carbocycles. The number of carbonyl (C=O) groups excluding carboxylic acids is 1. The van der Waals surface area contributed by atoms with Gasteiger partial charge in [-0.25, -0.2) is 0 Å². The number of hydrogen-bond acceptors (Lipinski definition) is 3. The molecule has 0 aliphatic heterocycles. The first-order valence-electron chi connectivity index (χ1n) is 9.01. The van der Waals surface area contributed by atoms with Crippen molar-refractivity contribution in [3.8, 4) is 0 Å². The molecule has 0 spiro atoms. The average Bonchev–Trinajstić information content (AvgIpc) is 2.85. The Morgan fingerprint density at radius 2 is 1.84 bits per heavy atom. The Morgan fingerprint density at radius 3 is 2.52 bits per heavy atom. The van der Waals surface area contributed by atoms with E-state index in [1.807, 2.05) is 18.7 Å². The van der Waals surface area contributed by atoms with E-state index in [0.717, 1.165) is 43.9 Å². The van der Waals surface area contributed by atoms with Crippen LogP contribution in [0.1, 0.15) is 40.9 Å².